The first kappa shape index (κ1) is 14.9. The molecule has 4 nitrogen and oxygen atoms in total. The Morgan fingerprint density at radius 3 is 2.68 bits per heavy atom. The minimum absolute atomic E-state index is 0.170. The number of nitriles is 1. The number of carbonyl (C=O) groups excluding carboxylic acids is 1. The maximum Gasteiger partial charge on any atom is 0.328 e. The van der Waals surface area contributed by atoms with Crippen molar-refractivity contribution in [2.24, 2.45) is 0 Å². The van der Waals surface area contributed by atoms with Crippen LogP contribution in [0.2, 0.25) is 0 Å². The normalized spacial score (nSPS) is 12.1. The van der Waals surface area contributed by atoms with Crippen molar-refractivity contribution in [2.75, 3.05) is 0 Å². The number of halogens is 1. The summed E-state index contributed by atoms with van der Waals surface area (Å²) in [6.45, 7) is 1.38. The van der Waals surface area contributed by atoms with Crippen LogP contribution < -0.4 is 0 Å². The summed E-state index contributed by atoms with van der Waals surface area (Å²) in [6.07, 6.45) is 2.56. The van der Waals surface area contributed by atoms with Gasteiger partial charge in [-0.15, -0.1) is 11.6 Å². The van der Waals surface area contributed by atoms with E-state index in [2.05, 4.69) is 0 Å². The minimum Gasteiger partial charge on any atom is -0.478 e. The second-order valence-electron chi connectivity index (χ2n) is 3.99. The number of nitrogens with zero attached hydrogens (tertiary/aromatic N) is 1. The molecule has 98 valence electrons. The fourth-order valence-corrected chi connectivity index (χ4v) is 1.71. The van der Waals surface area contributed by atoms with Crippen LogP contribution in [-0.2, 0) is 16.0 Å². The number of alkyl halides is 1. The number of hydrogen-bond donors (Lipinski definition) is 1. The van der Waals surface area contributed by atoms with Gasteiger partial charge in [0.25, 0.3) is 0 Å². The topological polar surface area (TPSA) is 78.2 Å². The summed E-state index contributed by atoms with van der Waals surface area (Å²) in [7, 11) is 0. The summed E-state index contributed by atoms with van der Waals surface area (Å²) in [4.78, 5) is 21.8. The van der Waals surface area contributed by atoms with Crippen LogP contribution in [0, 0.1) is 11.3 Å². The van der Waals surface area contributed by atoms with E-state index in [0.717, 1.165) is 6.08 Å². The first-order valence-electron chi connectivity index (χ1n) is 5.50. The number of aliphatic carboxylic acids is 1. The van der Waals surface area contributed by atoms with Gasteiger partial charge in [0.2, 0.25) is 0 Å². The van der Waals surface area contributed by atoms with Crippen molar-refractivity contribution in [2.45, 2.75) is 18.7 Å². The minimum atomic E-state index is -1.07. The van der Waals surface area contributed by atoms with Gasteiger partial charge in [0.15, 0.2) is 5.78 Å². The van der Waals surface area contributed by atoms with E-state index in [1.165, 1.54) is 13.0 Å². The number of rotatable bonds is 5. The third-order valence-electron chi connectivity index (χ3n) is 2.39. The Hall–Kier alpha value is -2.12. The monoisotopic (exact) mass is 277 g/mol. The summed E-state index contributed by atoms with van der Waals surface area (Å²) in [5.41, 5.74) is 1.85. The SMILES string of the molecule is CC(=O)C(Cl)c1cc(/C=C/C(=O)O)cc(CC#N)c1. The zero-order chi connectivity index (χ0) is 14.4. The van der Waals surface area contributed by atoms with Gasteiger partial charge in [0, 0.05) is 6.08 Å². The Kier molecular flexibility index (Phi) is 5.28. The molecule has 0 aliphatic carbocycles. The second-order valence-corrected chi connectivity index (χ2v) is 4.42. The Morgan fingerprint density at radius 1 is 1.47 bits per heavy atom. The second kappa shape index (κ2) is 6.72. The number of carboxylic acids is 1. The molecular formula is C14H12ClNO3. The average molecular weight is 278 g/mol. The molecule has 0 aliphatic rings. The Balaban J connectivity index is 3.21. The van der Waals surface area contributed by atoms with E-state index in [-0.39, 0.29) is 12.2 Å². The molecule has 0 spiro atoms. The van der Waals surface area contributed by atoms with Gasteiger partial charge in [0.05, 0.1) is 12.5 Å². The van der Waals surface area contributed by atoms with Crippen molar-refractivity contribution in [3.05, 3.63) is 41.0 Å². The van der Waals surface area contributed by atoms with E-state index < -0.39 is 11.3 Å². The van der Waals surface area contributed by atoms with Crippen LogP contribution >= 0.6 is 11.6 Å². The summed E-state index contributed by atoms with van der Waals surface area (Å²) in [5.74, 6) is -1.27. The van der Waals surface area contributed by atoms with Crippen LogP contribution in [-0.4, -0.2) is 16.9 Å². The van der Waals surface area contributed by atoms with Crippen LogP contribution in [0.4, 0.5) is 0 Å². The van der Waals surface area contributed by atoms with Gasteiger partial charge in [-0.1, -0.05) is 12.1 Å². The lowest BCUT2D eigenvalue weighted by atomic mass is 10.00. The highest BCUT2D eigenvalue weighted by molar-refractivity contribution is 6.30. The third-order valence-corrected chi connectivity index (χ3v) is 2.95. The van der Waals surface area contributed by atoms with Crippen LogP contribution in [0.5, 0.6) is 0 Å². The summed E-state index contributed by atoms with van der Waals surface area (Å²) < 4.78 is 0. The standard InChI is InChI=1S/C14H12ClNO3/c1-9(17)14(15)12-7-10(2-3-13(18)19)6-11(8-12)4-5-16/h2-3,6-8,14H,4H2,1H3,(H,18,19)/b3-2+. The van der Waals surface area contributed by atoms with Crippen molar-refractivity contribution in [3.8, 4) is 6.07 Å². The largest absolute Gasteiger partial charge is 0.478 e. The van der Waals surface area contributed by atoms with E-state index >= 15 is 0 Å². The van der Waals surface area contributed by atoms with Crippen LogP contribution in [0.15, 0.2) is 24.3 Å². The molecule has 1 rings (SSSR count). The maximum absolute atomic E-state index is 11.3. The number of benzene rings is 1. The van der Waals surface area contributed by atoms with E-state index in [1.54, 1.807) is 18.2 Å². The van der Waals surface area contributed by atoms with Gasteiger partial charge in [-0.05, 0) is 35.8 Å². The zero-order valence-corrected chi connectivity index (χ0v) is 11.0. The maximum atomic E-state index is 11.3. The van der Waals surface area contributed by atoms with E-state index in [9.17, 15) is 9.59 Å². The molecule has 0 aliphatic heterocycles. The van der Waals surface area contributed by atoms with Crippen molar-refractivity contribution < 1.29 is 14.7 Å². The molecule has 0 saturated carbocycles. The predicted octanol–water partition coefficient (Wildman–Crippen LogP) is 2.72. The molecular weight excluding hydrogens is 266 g/mol. The highest BCUT2D eigenvalue weighted by Crippen LogP contribution is 2.24. The number of Topliss-reactive ketones (excluding diaryl/α,β-unsaturated/α-hetero) is 1. The van der Waals surface area contributed by atoms with E-state index in [0.29, 0.717) is 16.7 Å². The lowest BCUT2D eigenvalue weighted by molar-refractivity contribution is -0.131. The molecule has 0 heterocycles. The highest BCUT2D eigenvalue weighted by Gasteiger charge is 2.14. The van der Waals surface area contributed by atoms with Gasteiger partial charge in [-0.3, -0.25) is 4.79 Å². The van der Waals surface area contributed by atoms with E-state index in [4.69, 9.17) is 22.0 Å². The predicted molar refractivity (Wildman–Crippen MR) is 71.7 cm³/mol. The van der Waals surface area contributed by atoms with Crippen molar-refractivity contribution in [1.29, 1.82) is 5.26 Å². The lowest BCUT2D eigenvalue weighted by Crippen LogP contribution is -2.03. The molecule has 5 heteroatoms. The fraction of sp³-hybridized carbons (Fsp3) is 0.214. The molecule has 19 heavy (non-hydrogen) atoms. The molecule has 0 saturated heterocycles. The molecule has 0 radical (unpaired) electrons. The van der Waals surface area contributed by atoms with Crippen molar-refractivity contribution in [1.82, 2.24) is 0 Å². The van der Waals surface area contributed by atoms with Gasteiger partial charge in [0.1, 0.15) is 5.38 Å². The van der Waals surface area contributed by atoms with Gasteiger partial charge < -0.3 is 5.11 Å². The first-order valence-corrected chi connectivity index (χ1v) is 5.94. The third kappa shape index (κ3) is 4.57. The molecule has 1 aromatic carbocycles. The number of carboxylic acid groups (broad SMARTS) is 1. The van der Waals surface area contributed by atoms with Gasteiger partial charge in [-0.2, -0.15) is 5.26 Å². The lowest BCUT2D eigenvalue weighted by Gasteiger charge is -2.09. The smallest absolute Gasteiger partial charge is 0.328 e. The van der Waals surface area contributed by atoms with Crippen molar-refractivity contribution in [3.63, 3.8) is 0 Å². The highest BCUT2D eigenvalue weighted by atomic mass is 35.5. The molecule has 1 unspecified atom stereocenters. The number of ketones is 1. The number of hydrogen-bond acceptors (Lipinski definition) is 3. The van der Waals surface area contributed by atoms with Crippen LogP contribution in [0.25, 0.3) is 6.08 Å². The summed E-state index contributed by atoms with van der Waals surface area (Å²) in [5, 5.41) is 16.5. The fourth-order valence-electron chi connectivity index (χ4n) is 1.58. The zero-order valence-electron chi connectivity index (χ0n) is 10.3. The number of carbonyl (C=O) groups is 2. The molecule has 0 aromatic heterocycles. The quantitative estimate of drug-likeness (QED) is 0.663. The Bertz CT molecular complexity index is 573. The molecule has 1 aromatic rings. The Labute approximate surface area is 115 Å². The van der Waals surface area contributed by atoms with Crippen LogP contribution in [0.3, 0.4) is 0 Å². The average Bonchev–Trinajstić information content (AvgIpc) is 2.35. The van der Waals surface area contributed by atoms with E-state index in [1.807, 2.05) is 6.07 Å². The Morgan fingerprint density at radius 2 is 2.16 bits per heavy atom. The van der Waals surface area contributed by atoms with Gasteiger partial charge in [-0.25, -0.2) is 4.79 Å². The molecule has 0 bridgehead atoms. The first-order chi connectivity index (χ1) is 8.93. The molecule has 1 atom stereocenters. The summed E-state index contributed by atoms with van der Waals surface area (Å²) >= 11 is 5.98. The van der Waals surface area contributed by atoms with Crippen molar-refractivity contribution >= 4 is 29.4 Å². The molecule has 0 fully saturated rings. The summed E-state index contributed by atoms with van der Waals surface area (Å²) in [6, 6.07) is 7.01. The molecule has 1 N–H and O–H groups in total. The molecule has 0 amide bonds. The van der Waals surface area contributed by atoms with Gasteiger partial charge >= 0.3 is 5.97 Å². The van der Waals surface area contributed by atoms with Crippen LogP contribution in [0.1, 0.15) is 29.0 Å².